The monoisotopic (exact) mass is 652 g/mol. The van der Waals surface area contributed by atoms with Gasteiger partial charge < -0.3 is 54.4 Å². The molecule has 2 aromatic rings. The van der Waals surface area contributed by atoms with E-state index in [4.69, 9.17) is 33.2 Å². The first-order chi connectivity index (χ1) is 22.0. The molecule has 0 aromatic heterocycles. The number of ether oxygens (including phenoxy) is 7. The van der Waals surface area contributed by atoms with Gasteiger partial charge in [-0.2, -0.15) is 0 Å². The van der Waals surface area contributed by atoms with E-state index < -0.39 is 24.3 Å². The molecule has 0 saturated heterocycles. The third kappa shape index (κ3) is 20.1. The highest BCUT2D eigenvalue weighted by Crippen LogP contribution is 2.17. The molecule has 256 valence electrons. The molecule has 0 radical (unpaired) electrons. The lowest BCUT2D eigenvalue weighted by atomic mass is 10.2. The van der Waals surface area contributed by atoms with Gasteiger partial charge in [-0.25, -0.2) is 14.4 Å². The number of hydrogen-bond acceptors (Lipinski definition) is 12. The number of esters is 1. The zero-order chi connectivity index (χ0) is 34.7. The lowest BCUT2D eigenvalue weighted by molar-refractivity contribution is -0.154. The summed E-state index contributed by atoms with van der Waals surface area (Å²) in [6.45, 7) is 4.21. The summed E-state index contributed by atoms with van der Waals surface area (Å²) in [6.07, 6.45) is -1.29. The zero-order valence-electron chi connectivity index (χ0n) is 27.1. The molecule has 0 spiro atoms. The van der Waals surface area contributed by atoms with Crippen molar-refractivity contribution in [3.8, 4) is 17.2 Å². The SMILES string of the molecule is CCOCC(=O)OC(C)CC(=O)NC.CNC(=O)Oc1ccc(C(=O)NCOC)cc1.CNC(=O)Oc1ccc(OCOC)cc1. The van der Waals surface area contributed by atoms with E-state index >= 15 is 0 Å². The second kappa shape index (κ2) is 25.4. The average Bonchev–Trinajstić information content (AvgIpc) is 3.06. The van der Waals surface area contributed by atoms with E-state index in [1.54, 1.807) is 57.4 Å². The van der Waals surface area contributed by atoms with Crippen molar-refractivity contribution in [3.63, 3.8) is 0 Å². The van der Waals surface area contributed by atoms with E-state index in [1.165, 1.54) is 40.4 Å². The Bertz CT molecular complexity index is 1180. The highest BCUT2D eigenvalue weighted by atomic mass is 16.7. The fourth-order valence-electron chi connectivity index (χ4n) is 2.81. The lowest BCUT2D eigenvalue weighted by Crippen LogP contribution is -2.26. The Labute approximate surface area is 268 Å². The Morgan fingerprint density at radius 3 is 1.72 bits per heavy atom. The van der Waals surface area contributed by atoms with Gasteiger partial charge in [-0.3, -0.25) is 9.59 Å². The van der Waals surface area contributed by atoms with Crippen molar-refractivity contribution < 1.29 is 57.1 Å². The Balaban J connectivity index is 0.000000664. The fraction of sp³-hybridized carbons (Fsp3) is 0.433. The van der Waals surface area contributed by atoms with Crippen molar-refractivity contribution >= 4 is 30.0 Å². The zero-order valence-corrected chi connectivity index (χ0v) is 27.1. The molecule has 0 fully saturated rings. The van der Waals surface area contributed by atoms with Gasteiger partial charge in [0.2, 0.25) is 5.91 Å². The van der Waals surface area contributed by atoms with Crippen LogP contribution in [0.15, 0.2) is 48.5 Å². The van der Waals surface area contributed by atoms with Crippen LogP contribution in [0, 0.1) is 0 Å². The maximum Gasteiger partial charge on any atom is 0.412 e. The summed E-state index contributed by atoms with van der Waals surface area (Å²) < 4.78 is 34.1. The van der Waals surface area contributed by atoms with E-state index in [0.29, 0.717) is 29.4 Å². The highest BCUT2D eigenvalue weighted by molar-refractivity contribution is 5.94. The summed E-state index contributed by atoms with van der Waals surface area (Å²) in [4.78, 5) is 55.1. The smallest absolute Gasteiger partial charge is 0.412 e. The van der Waals surface area contributed by atoms with Crippen LogP contribution in [-0.4, -0.2) is 98.2 Å². The van der Waals surface area contributed by atoms with Gasteiger partial charge in [0.15, 0.2) is 6.79 Å². The Morgan fingerprint density at radius 2 is 1.26 bits per heavy atom. The minimum Gasteiger partial charge on any atom is -0.468 e. The molecule has 1 atom stereocenters. The second-order valence-corrected chi connectivity index (χ2v) is 8.58. The summed E-state index contributed by atoms with van der Waals surface area (Å²) in [6, 6.07) is 12.9. The number of methoxy groups -OCH3 is 2. The molecule has 0 heterocycles. The first kappa shape index (κ1) is 41.1. The van der Waals surface area contributed by atoms with E-state index in [1.807, 2.05) is 0 Å². The summed E-state index contributed by atoms with van der Waals surface area (Å²) in [5.74, 6) is 0.635. The number of nitrogens with one attached hydrogen (secondary N) is 4. The quantitative estimate of drug-likeness (QED) is 0.172. The van der Waals surface area contributed by atoms with Crippen LogP contribution in [0.4, 0.5) is 9.59 Å². The van der Waals surface area contributed by atoms with Crippen LogP contribution in [0.3, 0.4) is 0 Å². The summed E-state index contributed by atoms with van der Waals surface area (Å²) >= 11 is 0. The summed E-state index contributed by atoms with van der Waals surface area (Å²) in [7, 11) is 7.54. The van der Waals surface area contributed by atoms with Crippen LogP contribution < -0.4 is 35.5 Å². The Morgan fingerprint density at radius 1 is 0.739 bits per heavy atom. The Kier molecular flexibility index (Phi) is 22.7. The van der Waals surface area contributed by atoms with Crippen LogP contribution in [0.2, 0.25) is 0 Å². The van der Waals surface area contributed by atoms with Gasteiger partial charge in [-0.05, 0) is 62.4 Å². The number of carbonyl (C=O) groups is 5. The molecule has 2 rings (SSSR count). The predicted octanol–water partition coefficient (Wildman–Crippen LogP) is 2.22. The molecule has 0 aliphatic rings. The molecule has 46 heavy (non-hydrogen) atoms. The van der Waals surface area contributed by atoms with Crippen molar-refractivity contribution in [2.45, 2.75) is 26.4 Å². The van der Waals surface area contributed by atoms with Gasteiger partial charge >= 0.3 is 18.2 Å². The van der Waals surface area contributed by atoms with Crippen molar-refractivity contribution in [2.75, 3.05) is 62.1 Å². The highest BCUT2D eigenvalue weighted by Gasteiger charge is 2.12. The number of rotatable bonds is 14. The predicted molar refractivity (Wildman–Crippen MR) is 166 cm³/mol. The van der Waals surface area contributed by atoms with Crippen molar-refractivity contribution in [1.82, 2.24) is 21.3 Å². The third-order valence-electron chi connectivity index (χ3n) is 5.00. The summed E-state index contributed by atoms with van der Waals surface area (Å²) in [5, 5.41) is 9.66. The average molecular weight is 653 g/mol. The van der Waals surface area contributed by atoms with Crippen LogP contribution in [0.1, 0.15) is 30.6 Å². The van der Waals surface area contributed by atoms with E-state index in [0.717, 1.165) is 0 Å². The van der Waals surface area contributed by atoms with Gasteiger partial charge in [0.05, 0.1) is 6.42 Å². The van der Waals surface area contributed by atoms with Gasteiger partial charge in [0, 0.05) is 47.5 Å². The number of benzene rings is 2. The maximum absolute atomic E-state index is 11.5. The topological polar surface area (TPSA) is 198 Å². The van der Waals surface area contributed by atoms with E-state index in [-0.39, 0.29) is 38.4 Å². The van der Waals surface area contributed by atoms with Crippen molar-refractivity contribution in [2.24, 2.45) is 0 Å². The summed E-state index contributed by atoms with van der Waals surface area (Å²) in [5.41, 5.74) is 0.464. The molecule has 0 aliphatic heterocycles. The normalized spacial score (nSPS) is 10.2. The van der Waals surface area contributed by atoms with Gasteiger partial charge in [0.25, 0.3) is 5.91 Å². The molecule has 0 aliphatic carbocycles. The molecule has 16 nitrogen and oxygen atoms in total. The minimum absolute atomic E-state index is 0.0609. The molecular formula is C30H44N4O12. The van der Waals surface area contributed by atoms with E-state index in [9.17, 15) is 24.0 Å². The molecular weight excluding hydrogens is 608 g/mol. The van der Waals surface area contributed by atoms with Gasteiger partial charge in [0.1, 0.15) is 36.7 Å². The van der Waals surface area contributed by atoms with Crippen molar-refractivity contribution in [3.05, 3.63) is 54.1 Å². The van der Waals surface area contributed by atoms with Crippen molar-refractivity contribution in [1.29, 1.82) is 0 Å². The lowest BCUT2D eigenvalue weighted by Gasteiger charge is -2.11. The fourth-order valence-corrected chi connectivity index (χ4v) is 2.81. The first-order valence-electron chi connectivity index (χ1n) is 13.9. The molecule has 0 saturated carbocycles. The maximum atomic E-state index is 11.5. The van der Waals surface area contributed by atoms with E-state index in [2.05, 4.69) is 21.3 Å². The molecule has 4 amide bonds. The van der Waals surface area contributed by atoms with Gasteiger partial charge in [-0.1, -0.05) is 0 Å². The van der Waals surface area contributed by atoms with Crippen LogP contribution in [-0.2, 0) is 28.5 Å². The van der Waals surface area contributed by atoms with Gasteiger partial charge in [-0.15, -0.1) is 0 Å². The van der Waals surface area contributed by atoms with Crippen LogP contribution in [0.5, 0.6) is 17.2 Å². The van der Waals surface area contributed by atoms with Crippen LogP contribution >= 0.6 is 0 Å². The number of amides is 4. The molecule has 2 aromatic carbocycles. The molecule has 1 unspecified atom stereocenters. The molecule has 0 bridgehead atoms. The Hall–Kier alpha value is -4.93. The first-order valence-corrected chi connectivity index (χ1v) is 13.9. The molecule has 4 N–H and O–H groups in total. The standard InChI is InChI=1S/C11H14N2O4.C10H13NO4.C9H17NO4/c1-12-11(15)17-9-5-3-8(4-6-9)10(14)13-7-16-2;1-11-10(12)15-9-5-3-8(4-6-9)14-7-13-2;1-4-13-6-9(12)14-7(2)5-8(11)10-3/h3-6H,7H2,1-2H3,(H,12,15)(H,13,14);3-6H,7H2,1-2H3,(H,11,12);7H,4-6H2,1-3H3,(H,10,11). The number of hydrogen-bond donors (Lipinski definition) is 4. The largest absolute Gasteiger partial charge is 0.468 e. The molecule has 16 heteroatoms. The number of carbonyl (C=O) groups excluding carboxylic acids is 5. The second-order valence-electron chi connectivity index (χ2n) is 8.58. The van der Waals surface area contributed by atoms with Crippen LogP contribution in [0.25, 0.3) is 0 Å². The third-order valence-corrected chi connectivity index (χ3v) is 5.00. The minimum atomic E-state index is -0.554.